The van der Waals surface area contributed by atoms with E-state index in [1.165, 1.54) is 0 Å². The van der Waals surface area contributed by atoms with E-state index < -0.39 is 0 Å². The van der Waals surface area contributed by atoms with Crippen molar-refractivity contribution < 1.29 is 28.5 Å². The summed E-state index contributed by atoms with van der Waals surface area (Å²) in [6.45, 7) is 0. The Morgan fingerprint density at radius 1 is 0.594 bits per heavy atom. The van der Waals surface area contributed by atoms with Crippen molar-refractivity contribution in [1.29, 1.82) is 0 Å². The predicted molar refractivity (Wildman–Crippen MR) is 122 cm³/mol. The van der Waals surface area contributed by atoms with E-state index in [9.17, 15) is 9.59 Å². The highest BCUT2D eigenvalue weighted by Gasteiger charge is 2.30. The Balaban J connectivity index is 1.55. The molecule has 1 aliphatic carbocycles. The molecule has 1 aliphatic rings. The third-order valence-electron chi connectivity index (χ3n) is 5.71. The molecule has 0 aliphatic heterocycles. The minimum Gasteiger partial charge on any atom is -0.497 e. The molecule has 172 valence electrons. The highest BCUT2D eigenvalue weighted by atomic mass is 16.5. The van der Waals surface area contributed by atoms with Gasteiger partial charge in [0.2, 0.25) is 11.8 Å². The number of hydrogen-bond donors (Lipinski definition) is 2. The van der Waals surface area contributed by atoms with Gasteiger partial charge in [-0.25, -0.2) is 0 Å². The predicted octanol–water partition coefficient (Wildman–Crippen LogP) is 4.10. The van der Waals surface area contributed by atoms with Crippen LogP contribution in [0.25, 0.3) is 0 Å². The van der Waals surface area contributed by atoms with E-state index in [2.05, 4.69) is 10.6 Å². The van der Waals surface area contributed by atoms with Crippen LogP contribution in [0, 0.1) is 11.8 Å². The van der Waals surface area contributed by atoms with Crippen LogP contribution in [0.15, 0.2) is 36.4 Å². The van der Waals surface area contributed by atoms with Gasteiger partial charge in [0.1, 0.15) is 23.0 Å². The van der Waals surface area contributed by atoms with E-state index in [0.717, 1.165) is 0 Å². The van der Waals surface area contributed by atoms with Crippen molar-refractivity contribution >= 4 is 23.2 Å². The molecule has 8 nitrogen and oxygen atoms in total. The second-order valence-electron chi connectivity index (χ2n) is 7.73. The molecule has 0 bridgehead atoms. The molecule has 0 aromatic heterocycles. The average Bonchev–Trinajstić information content (AvgIpc) is 2.83. The summed E-state index contributed by atoms with van der Waals surface area (Å²) in [6, 6.07) is 10.5. The summed E-state index contributed by atoms with van der Waals surface area (Å²) in [5.41, 5.74) is 1.25. The summed E-state index contributed by atoms with van der Waals surface area (Å²) in [7, 11) is 6.26. The van der Waals surface area contributed by atoms with Gasteiger partial charge in [0, 0.05) is 59.6 Å². The van der Waals surface area contributed by atoms with Crippen molar-refractivity contribution in [3.05, 3.63) is 36.4 Å². The van der Waals surface area contributed by atoms with Crippen molar-refractivity contribution in [2.45, 2.75) is 25.7 Å². The third kappa shape index (κ3) is 5.84. The Morgan fingerprint density at radius 3 is 1.12 bits per heavy atom. The van der Waals surface area contributed by atoms with Crippen molar-refractivity contribution in [1.82, 2.24) is 0 Å². The van der Waals surface area contributed by atoms with Gasteiger partial charge in [-0.1, -0.05) is 0 Å². The van der Waals surface area contributed by atoms with E-state index in [1.54, 1.807) is 64.8 Å². The van der Waals surface area contributed by atoms with Gasteiger partial charge in [-0.3, -0.25) is 9.59 Å². The zero-order valence-corrected chi connectivity index (χ0v) is 18.9. The van der Waals surface area contributed by atoms with E-state index in [0.29, 0.717) is 60.1 Å². The molecule has 2 amide bonds. The van der Waals surface area contributed by atoms with Gasteiger partial charge >= 0.3 is 0 Å². The lowest BCUT2D eigenvalue weighted by Gasteiger charge is -2.27. The first-order valence-corrected chi connectivity index (χ1v) is 10.5. The van der Waals surface area contributed by atoms with E-state index in [-0.39, 0.29) is 23.7 Å². The Kier molecular flexibility index (Phi) is 7.81. The number of carbonyl (C=O) groups excluding carboxylic acids is 2. The van der Waals surface area contributed by atoms with Gasteiger partial charge in [0.05, 0.1) is 28.4 Å². The number of ether oxygens (including phenoxy) is 4. The van der Waals surface area contributed by atoms with E-state index >= 15 is 0 Å². The van der Waals surface area contributed by atoms with E-state index in [1.807, 2.05) is 0 Å². The molecule has 0 radical (unpaired) electrons. The molecule has 32 heavy (non-hydrogen) atoms. The first kappa shape index (κ1) is 23.2. The monoisotopic (exact) mass is 442 g/mol. The number of methoxy groups -OCH3 is 4. The quantitative estimate of drug-likeness (QED) is 0.639. The van der Waals surface area contributed by atoms with Gasteiger partial charge in [-0.05, 0) is 25.7 Å². The van der Waals surface area contributed by atoms with Crippen LogP contribution in [0.1, 0.15) is 25.7 Å². The molecule has 1 fully saturated rings. The van der Waals surface area contributed by atoms with Crippen LogP contribution in [-0.4, -0.2) is 40.3 Å². The summed E-state index contributed by atoms with van der Waals surface area (Å²) in [5, 5.41) is 5.89. The maximum absolute atomic E-state index is 12.8. The number of nitrogens with one attached hydrogen (secondary N) is 2. The first-order valence-electron chi connectivity index (χ1n) is 10.5. The van der Waals surface area contributed by atoms with Crippen LogP contribution >= 0.6 is 0 Å². The summed E-state index contributed by atoms with van der Waals surface area (Å²) in [6.07, 6.45) is 2.58. The third-order valence-corrected chi connectivity index (χ3v) is 5.71. The number of hydrogen-bond acceptors (Lipinski definition) is 6. The second-order valence-corrected chi connectivity index (χ2v) is 7.73. The molecular formula is C24H30N2O6. The number of benzene rings is 2. The highest BCUT2D eigenvalue weighted by Crippen LogP contribution is 2.33. The molecule has 0 saturated heterocycles. The molecule has 0 spiro atoms. The smallest absolute Gasteiger partial charge is 0.227 e. The Hall–Kier alpha value is -3.42. The molecule has 0 heterocycles. The molecule has 3 rings (SSSR count). The molecule has 2 aromatic rings. The fraction of sp³-hybridized carbons (Fsp3) is 0.417. The minimum absolute atomic E-state index is 0.0586. The average molecular weight is 443 g/mol. The van der Waals surface area contributed by atoms with E-state index in [4.69, 9.17) is 18.9 Å². The van der Waals surface area contributed by atoms with Crippen molar-refractivity contribution in [3.8, 4) is 23.0 Å². The van der Waals surface area contributed by atoms with Crippen LogP contribution in [0.5, 0.6) is 23.0 Å². The van der Waals surface area contributed by atoms with Gasteiger partial charge < -0.3 is 29.6 Å². The first-order chi connectivity index (χ1) is 15.4. The standard InChI is InChI=1S/C24H30N2O6/c1-29-19-9-17(10-20(13-19)30-2)25-23(27)15-5-7-16(8-6-15)24(28)26-18-11-21(31-3)14-22(12-18)32-4/h9-16H,5-8H2,1-4H3,(H,25,27)(H,26,28). The number of anilines is 2. The van der Waals surface area contributed by atoms with Crippen LogP contribution in [0.2, 0.25) is 0 Å². The summed E-state index contributed by atoms with van der Waals surface area (Å²) in [5.74, 6) is 2.02. The lowest BCUT2D eigenvalue weighted by Crippen LogP contribution is -2.32. The number of rotatable bonds is 8. The highest BCUT2D eigenvalue weighted by molar-refractivity contribution is 5.95. The maximum Gasteiger partial charge on any atom is 0.227 e. The fourth-order valence-electron chi connectivity index (χ4n) is 3.87. The number of amides is 2. The molecule has 8 heteroatoms. The van der Waals surface area contributed by atoms with Gasteiger partial charge in [0.25, 0.3) is 0 Å². The lowest BCUT2D eigenvalue weighted by atomic mass is 9.81. The molecule has 1 saturated carbocycles. The van der Waals surface area contributed by atoms with Crippen LogP contribution in [-0.2, 0) is 9.59 Å². The van der Waals surface area contributed by atoms with Crippen LogP contribution in [0.3, 0.4) is 0 Å². The molecule has 2 aromatic carbocycles. The summed E-state index contributed by atoms with van der Waals surface area (Å²) < 4.78 is 21.0. The largest absolute Gasteiger partial charge is 0.497 e. The number of carbonyl (C=O) groups is 2. The van der Waals surface area contributed by atoms with Crippen molar-refractivity contribution in [3.63, 3.8) is 0 Å². The van der Waals surface area contributed by atoms with Gasteiger partial charge in [0.15, 0.2) is 0 Å². The zero-order valence-electron chi connectivity index (χ0n) is 18.9. The normalized spacial score (nSPS) is 17.8. The summed E-state index contributed by atoms with van der Waals surface area (Å²) in [4.78, 5) is 25.5. The molecule has 0 atom stereocenters. The Labute approximate surface area is 188 Å². The topological polar surface area (TPSA) is 95.1 Å². The van der Waals surface area contributed by atoms with Crippen LogP contribution in [0.4, 0.5) is 11.4 Å². The maximum atomic E-state index is 12.8. The van der Waals surface area contributed by atoms with Crippen LogP contribution < -0.4 is 29.6 Å². The molecular weight excluding hydrogens is 412 g/mol. The fourth-order valence-corrected chi connectivity index (χ4v) is 3.87. The zero-order chi connectivity index (χ0) is 23.1. The Morgan fingerprint density at radius 2 is 0.875 bits per heavy atom. The summed E-state index contributed by atoms with van der Waals surface area (Å²) >= 11 is 0. The van der Waals surface area contributed by atoms with Gasteiger partial charge in [-0.2, -0.15) is 0 Å². The molecule has 2 N–H and O–H groups in total. The Bertz CT molecular complexity index is 832. The second kappa shape index (κ2) is 10.7. The van der Waals surface area contributed by atoms with Crippen molar-refractivity contribution in [2.24, 2.45) is 11.8 Å². The lowest BCUT2D eigenvalue weighted by molar-refractivity contribution is -0.125. The molecule has 0 unspecified atom stereocenters. The SMILES string of the molecule is COc1cc(NC(=O)C2CCC(C(=O)Nc3cc(OC)cc(OC)c3)CC2)cc(OC)c1. The van der Waals surface area contributed by atoms with Gasteiger partial charge in [-0.15, -0.1) is 0 Å². The minimum atomic E-state index is -0.145. The van der Waals surface area contributed by atoms with Crippen molar-refractivity contribution in [2.75, 3.05) is 39.1 Å².